The SMILES string of the molecule is O=C(NCCCCNCCNC1CCCCC1)c1ccc2cc[nH]c2c1.O=CO.O=CO. The van der Waals surface area contributed by atoms with Gasteiger partial charge in [0.15, 0.2) is 0 Å². The summed E-state index contributed by atoms with van der Waals surface area (Å²) in [6.45, 7) is 3.32. The minimum absolute atomic E-state index is 0.00569. The maximum absolute atomic E-state index is 12.2. The number of fused-ring (bicyclic) bond motifs is 1. The molecule has 1 aliphatic rings. The number of H-pyrrole nitrogens is 1. The zero-order valence-electron chi connectivity index (χ0n) is 18.5. The van der Waals surface area contributed by atoms with Gasteiger partial charge in [0.05, 0.1) is 0 Å². The molecule has 0 aliphatic heterocycles. The van der Waals surface area contributed by atoms with Crippen molar-refractivity contribution in [3.63, 3.8) is 0 Å². The van der Waals surface area contributed by atoms with Crippen LogP contribution in [-0.2, 0) is 9.59 Å². The third-order valence-electron chi connectivity index (χ3n) is 5.22. The number of benzene rings is 1. The summed E-state index contributed by atoms with van der Waals surface area (Å²) in [7, 11) is 0. The fourth-order valence-corrected chi connectivity index (χ4v) is 3.66. The fraction of sp³-hybridized carbons (Fsp3) is 0.522. The minimum Gasteiger partial charge on any atom is -0.483 e. The molecule has 0 unspecified atom stereocenters. The third-order valence-corrected chi connectivity index (χ3v) is 5.22. The number of aromatic nitrogens is 1. The van der Waals surface area contributed by atoms with Crippen molar-refractivity contribution in [2.45, 2.75) is 51.0 Å². The van der Waals surface area contributed by atoms with E-state index in [2.05, 4.69) is 20.9 Å². The van der Waals surface area contributed by atoms with Crippen LogP contribution in [0.2, 0.25) is 0 Å². The number of carbonyl (C=O) groups is 3. The highest BCUT2D eigenvalue weighted by molar-refractivity contribution is 5.97. The first-order valence-corrected chi connectivity index (χ1v) is 11.1. The van der Waals surface area contributed by atoms with Gasteiger partial charge in [-0.1, -0.05) is 25.3 Å². The summed E-state index contributed by atoms with van der Waals surface area (Å²) in [4.78, 5) is 32.1. The molecule has 1 amide bonds. The van der Waals surface area contributed by atoms with Crippen LogP contribution in [0.1, 0.15) is 55.3 Å². The second-order valence-electron chi connectivity index (χ2n) is 7.49. The molecule has 6 N–H and O–H groups in total. The van der Waals surface area contributed by atoms with E-state index in [0.29, 0.717) is 5.56 Å². The fourth-order valence-electron chi connectivity index (χ4n) is 3.66. The lowest BCUT2D eigenvalue weighted by Crippen LogP contribution is -2.36. The Kier molecular flexibility index (Phi) is 15.0. The molecule has 1 aromatic heterocycles. The van der Waals surface area contributed by atoms with E-state index in [4.69, 9.17) is 19.8 Å². The number of carbonyl (C=O) groups excluding carboxylic acids is 1. The highest BCUT2D eigenvalue weighted by atomic mass is 16.3. The van der Waals surface area contributed by atoms with Crippen LogP contribution in [0.3, 0.4) is 0 Å². The molecule has 0 atom stereocenters. The molecular formula is C23H36N4O5. The molecule has 178 valence electrons. The minimum atomic E-state index is -0.250. The Morgan fingerprint density at radius 1 is 0.969 bits per heavy atom. The van der Waals surface area contributed by atoms with Gasteiger partial charge in [0.25, 0.3) is 18.9 Å². The van der Waals surface area contributed by atoms with Gasteiger partial charge in [0.2, 0.25) is 0 Å². The van der Waals surface area contributed by atoms with E-state index < -0.39 is 0 Å². The number of hydrogen-bond donors (Lipinski definition) is 6. The van der Waals surface area contributed by atoms with Gasteiger partial charge >= 0.3 is 0 Å². The lowest BCUT2D eigenvalue weighted by molar-refractivity contribution is -0.123. The normalized spacial score (nSPS) is 13.2. The Morgan fingerprint density at radius 2 is 1.66 bits per heavy atom. The van der Waals surface area contributed by atoms with Crippen molar-refractivity contribution >= 4 is 29.8 Å². The van der Waals surface area contributed by atoms with Crippen molar-refractivity contribution < 1.29 is 24.6 Å². The number of aromatic amines is 1. The van der Waals surface area contributed by atoms with Gasteiger partial charge in [0.1, 0.15) is 0 Å². The zero-order chi connectivity index (χ0) is 23.4. The van der Waals surface area contributed by atoms with Crippen molar-refractivity contribution in [1.82, 2.24) is 20.9 Å². The highest BCUT2D eigenvalue weighted by Crippen LogP contribution is 2.17. The molecule has 0 spiro atoms. The summed E-state index contributed by atoms with van der Waals surface area (Å²) in [5, 5.41) is 25.0. The predicted octanol–water partition coefficient (Wildman–Crippen LogP) is 2.59. The van der Waals surface area contributed by atoms with E-state index >= 15 is 0 Å². The van der Waals surface area contributed by atoms with Crippen LogP contribution < -0.4 is 16.0 Å². The summed E-state index contributed by atoms with van der Waals surface area (Å²) < 4.78 is 0. The third kappa shape index (κ3) is 11.5. The lowest BCUT2D eigenvalue weighted by Gasteiger charge is -2.22. The molecule has 32 heavy (non-hydrogen) atoms. The smallest absolute Gasteiger partial charge is 0.290 e. The molecule has 9 heteroatoms. The van der Waals surface area contributed by atoms with Gasteiger partial charge in [-0.15, -0.1) is 0 Å². The van der Waals surface area contributed by atoms with E-state index in [9.17, 15) is 4.79 Å². The van der Waals surface area contributed by atoms with Crippen molar-refractivity contribution in [2.75, 3.05) is 26.2 Å². The Bertz CT molecular complexity index is 769. The van der Waals surface area contributed by atoms with Crippen molar-refractivity contribution in [2.24, 2.45) is 0 Å². The summed E-state index contributed by atoms with van der Waals surface area (Å²) in [5.41, 5.74) is 1.72. The molecule has 1 aliphatic carbocycles. The Hall–Kier alpha value is -2.91. The van der Waals surface area contributed by atoms with E-state index in [1.807, 2.05) is 30.5 Å². The predicted molar refractivity (Wildman–Crippen MR) is 125 cm³/mol. The molecule has 3 rings (SSSR count). The van der Waals surface area contributed by atoms with Crippen LogP contribution in [0.4, 0.5) is 0 Å². The Balaban J connectivity index is 0.000000769. The van der Waals surface area contributed by atoms with Crippen LogP contribution in [0.15, 0.2) is 30.5 Å². The van der Waals surface area contributed by atoms with E-state index in [1.54, 1.807) is 0 Å². The van der Waals surface area contributed by atoms with Crippen LogP contribution >= 0.6 is 0 Å². The van der Waals surface area contributed by atoms with Gasteiger partial charge < -0.3 is 31.1 Å². The Labute approximate surface area is 189 Å². The van der Waals surface area contributed by atoms with Gasteiger partial charge in [-0.05, 0) is 55.8 Å². The maximum atomic E-state index is 12.2. The molecule has 1 aromatic carbocycles. The highest BCUT2D eigenvalue weighted by Gasteiger charge is 2.11. The summed E-state index contributed by atoms with van der Waals surface area (Å²) >= 11 is 0. The van der Waals surface area contributed by atoms with Gasteiger partial charge in [-0.2, -0.15) is 0 Å². The number of nitrogens with one attached hydrogen (secondary N) is 4. The second-order valence-corrected chi connectivity index (χ2v) is 7.49. The summed E-state index contributed by atoms with van der Waals surface area (Å²) in [5.74, 6) is 0.00569. The molecular weight excluding hydrogens is 412 g/mol. The standard InChI is InChI=1S/C21H32N4O.2CH2O2/c26-21(18-9-8-17-10-13-24-20(17)16-18)25-12-5-4-11-22-14-15-23-19-6-2-1-3-7-19;2*2-1-3/h8-10,13,16,19,22-24H,1-7,11-12,14-15H2,(H,25,26);2*1H,(H,2,3). The first kappa shape index (κ1) is 27.1. The van der Waals surface area contributed by atoms with E-state index in [0.717, 1.165) is 56.0 Å². The largest absolute Gasteiger partial charge is 0.483 e. The van der Waals surface area contributed by atoms with Crippen LogP contribution in [0, 0.1) is 0 Å². The van der Waals surface area contributed by atoms with E-state index in [1.165, 1.54) is 32.1 Å². The zero-order valence-corrected chi connectivity index (χ0v) is 18.5. The van der Waals surface area contributed by atoms with Crippen LogP contribution in [-0.4, -0.2) is 66.3 Å². The number of amides is 1. The quantitative estimate of drug-likeness (QED) is 0.242. The van der Waals surface area contributed by atoms with Crippen LogP contribution in [0.5, 0.6) is 0 Å². The average Bonchev–Trinajstić information content (AvgIpc) is 3.27. The number of rotatable bonds is 10. The van der Waals surface area contributed by atoms with Crippen molar-refractivity contribution in [3.8, 4) is 0 Å². The number of unbranched alkanes of at least 4 members (excludes halogenated alkanes) is 1. The molecule has 9 nitrogen and oxygen atoms in total. The summed E-state index contributed by atoms with van der Waals surface area (Å²) in [6.07, 6.45) is 10.8. The van der Waals surface area contributed by atoms with Gasteiger partial charge in [-0.25, -0.2) is 0 Å². The number of hydrogen-bond acceptors (Lipinski definition) is 5. The monoisotopic (exact) mass is 448 g/mol. The lowest BCUT2D eigenvalue weighted by atomic mass is 9.95. The summed E-state index contributed by atoms with van der Waals surface area (Å²) in [6, 6.07) is 8.52. The molecule has 1 heterocycles. The molecule has 2 aromatic rings. The molecule has 1 fully saturated rings. The first-order chi connectivity index (χ1) is 15.7. The van der Waals surface area contributed by atoms with Crippen molar-refractivity contribution in [3.05, 3.63) is 36.0 Å². The molecule has 0 saturated heterocycles. The average molecular weight is 449 g/mol. The Morgan fingerprint density at radius 3 is 2.38 bits per heavy atom. The second kappa shape index (κ2) is 17.7. The maximum Gasteiger partial charge on any atom is 0.290 e. The first-order valence-electron chi connectivity index (χ1n) is 11.1. The molecule has 1 saturated carbocycles. The van der Waals surface area contributed by atoms with Crippen molar-refractivity contribution in [1.29, 1.82) is 0 Å². The molecule has 0 bridgehead atoms. The number of carboxylic acid groups (broad SMARTS) is 2. The van der Waals surface area contributed by atoms with Gasteiger partial charge in [0, 0.05) is 43.0 Å². The van der Waals surface area contributed by atoms with Gasteiger partial charge in [-0.3, -0.25) is 14.4 Å². The molecule has 0 radical (unpaired) electrons. The topological polar surface area (TPSA) is 144 Å². The van der Waals surface area contributed by atoms with Crippen LogP contribution in [0.25, 0.3) is 10.9 Å². The van der Waals surface area contributed by atoms with E-state index in [-0.39, 0.29) is 18.9 Å².